The van der Waals surface area contributed by atoms with Crippen LogP contribution in [0.3, 0.4) is 0 Å². The number of hydrogen-bond acceptors (Lipinski definition) is 4. The number of nitrogens with zero attached hydrogens (tertiary/aromatic N) is 2. The van der Waals surface area contributed by atoms with Crippen molar-refractivity contribution >= 4 is 5.97 Å². The fourth-order valence-electron chi connectivity index (χ4n) is 3.29. The van der Waals surface area contributed by atoms with Gasteiger partial charge in [0.2, 0.25) is 0 Å². The quantitative estimate of drug-likeness (QED) is 0.211. The van der Waals surface area contributed by atoms with Gasteiger partial charge in [-0.3, -0.25) is 9.97 Å². The summed E-state index contributed by atoms with van der Waals surface area (Å²) in [7, 11) is 0. The average Bonchev–Trinajstić information content (AvgIpc) is 2.80. The van der Waals surface area contributed by atoms with Crippen LogP contribution in [0.15, 0.2) is 54.9 Å². The van der Waals surface area contributed by atoms with E-state index in [1.807, 2.05) is 6.07 Å². The van der Waals surface area contributed by atoms with Crippen molar-refractivity contribution in [1.29, 1.82) is 0 Å². The maximum atomic E-state index is 14.3. The molecule has 0 N–H and O–H groups in total. The molecule has 2 aromatic carbocycles. The van der Waals surface area contributed by atoms with Crippen LogP contribution in [0.25, 0.3) is 11.3 Å². The number of hydrogen-bond donors (Lipinski definition) is 0. The Morgan fingerprint density at radius 2 is 1.68 bits per heavy atom. The summed E-state index contributed by atoms with van der Waals surface area (Å²) in [5.41, 5.74) is 3.84. The summed E-state index contributed by atoms with van der Waals surface area (Å²) in [6.45, 7) is 4.28. The Morgan fingerprint density at radius 1 is 0.903 bits per heavy atom. The molecule has 0 radical (unpaired) electrons. The number of ether oxygens (including phenoxy) is 1. The van der Waals surface area contributed by atoms with E-state index in [1.165, 1.54) is 12.1 Å². The molecule has 162 valence electrons. The summed E-state index contributed by atoms with van der Waals surface area (Å²) in [5, 5.41) is 0. The van der Waals surface area contributed by atoms with Gasteiger partial charge in [-0.2, -0.15) is 0 Å². The van der Waals surface area contributed by atoms with Crippen molar-refractivity contribution in [3.63, 3.8) is 0 Å². The molecule has 0 unspecified atom stereocenters. The molecule has 0 atom stereocenters. The van der Waals surface area contributed by atoms with Crippen molar-refractivity contribution in [3.05, 3.63) is 77.5 Å². The number of unbranched alkanes of at least 4 members (excludes halogenated alkanes) is 3. The van der Waals surface area contributed by atoms with Gasteiger partial charge in [0, 0.05) is 11.8 Å². The number of halogens is 1. The Hall–Kier alpha value is -3.08. The number of esters is 1. The number of benzene rings is 2. The zero-order valence-electron chi connectivity index (χ0n) is 18.2. The van der Waals surface area contributed by atoms with Gasteiger partial charge in [-0.1, -0.05) is 51.3 Å². The average molecular weight is 421 g/mol. The monoisotopic (exact) mass is 420 g/mol. The normalized spacial score (nSPS) is 10.8. The van der Waals surface area contributed by atoms with E-state index in [0.29, 0.717) is 5.56 Å². The summed E-state index contributed by atoms with van der Waals surface area (Å²) in [6.07, 6.45) is 10.7. The lowest BCUT2D eigenvalue weighted by molar-refractivity contribution is 0.0728. The van der Waals surface area contributed by atoms with Crippen molar-refractivity contribution in [2.75, 3.05) is 0 Å². The molecule has 1 heterocycles. The van der Waals surface area contributed by atoms with Crippen molar-refractivity contribution in [2.45, 2.75) is 58.8 Å². The van der Waals surface area contributed by atoms with Crippen molar-refractivity contribution in [2.24, 2.45) is 0 Å². The van der Waals surface area contributed by atoms with E-state index in [2.05, 4.69) is 23.8 Å². The molecule has 0 aliphatic carbocycles. The number of carbonyl (C=O) groups excluding carboxylic acids is 1. The van der Waals surface area contributed by atoms with Gasteiger partial charge < -0.3 is 4.74 Å². The van der Waals surface area contributed by atoms with Crippen LogP contribution >= 0.6 is 0 Å². The molecule has 0 spiro atoms. The molecule has 5 heteroatoms. The van der Waals surface area contributed by atoms with Crippen molar-refractivity contribution in [3.8, 4) is 17.0 Å². The number of rotatable bonds is 10. The third-order valence-corrected chi connectivity index (χ3v) is 5.18. The highest BCUT2D eigenvalue weighted by molar-refractivity contribution is 5.91. The second-order valence-corrected chi connectivity index (χ2v) is 7.69. The zero-order valence-corrected chi connectivity index (χ0v) is 18.2. The van der Waals surface area contributed by atoms with Gasteiger partial charge in [0.25, 0.3) is 0 Å². The second-order valence-electron chi connectivity index (χ2n) is 7.69. The Bertz CT molecular complexity index is 985. The van der Waals surface area contributed by atoms with Crippen molar-refractivity contribution < 1.29 is 13.9 Å². The first kappa shape index (κ1) is 22.6. The molecule has 0 amide bonds. The molecule has 0 aliphatic rings. The van der Waals surface area contributed by atoms with E-state index < -0.39 is 11.8 Å². The van der Waals surface area contributed by atoms with Gasteiger partial charge in [-0.25, -0.2) is 9.18 Å². The van der Waals surface area contributed by atoms with Crippen LogP contribution in [0.4, 0.5) is 4.39 Å². The fraction of sp³-hybridized carbons (Fsp3) is 0.346. The van der Waals surface area contributed by atoms with E-state index in [-0.39, 0.29) is 5.75 Å². The highest BCUT2D eigenvalue weighted by atomic mass is 19.1. The summed E-state index contributed by atoms with van der Waals surface area (Å²) in [6, 6.07) is 11.7. The third kappa shape index (κ3) is 6.45. The van der Waals surface area contributed by atoms with E-state index in [4.69, 9.17) is 4.74 Å². The zero-order chi connectivity index (χ0) is 22.1. The minimum absolute atomic E-state index is 0.0538. The molecule has 31 heavy (non-hydrogen) atoms. The molecule has 3 aromatic rings. The predicted octanol–water partition coefficient (Wildman–Crippen LogP) is 6.58. The van der Waals surface area contributed by atoms with Crippen LogP contribution < -0.4 is 4.74 Å². The first-order valence-corrected chi connectivity index (χ1v) is 11.0. The first-order chi connectivity index (χ1) is 15.1. The molecule has 0 fully saturated rings. The Labute approximate surface area is 183 Å². The molecule has 0 saturated heterocycles. The van der Waals surface area contributed by atoms with Crippen LogP contribution in [0.2, 0.25) is 0 Å². The molecule has 0 saturated carbocycles. The van der Waals surface area contributed by atoms with E-state index >= 15 is 0 Å². The van der Waals surface area contributed by atoms with Gasteiger partial charge in [0.1, 0.15) is 0 Å². The lowest BCUT2D eigenvalue weighted by Crippen LogP contribution is -2.09. The van der Waals surface area contributed by atoms with Crippen LogP contribution in [0.1, 0.15) is 67.6 Å². The van der Waals surface area contributed by atoms with Crippen LogP contribution in [-0.2, 0) is 12.8 Å². The molecular formula is C26H29FN2O2. The van der Waals surface area contributed by atoms with Crippen LogP contribution in [-0.4, -0.2) is 15.9 Å². The Morgan fingerprint density at radius 3 is 2.32 bits per heavy atom. The minimum Gasteiger partial charge on any atom is -0.420 e. The summed E-state index contributed by atoms with van der Waals surface area (Å²) in [5.74, 6) is -1.16. The van der Waals surface area contributed by atoms with Crippen molar-refractivity contribution in [1.82, 2.24) is 9.97 Å². The molecule has 3 rings (SSSR count). The largest absolute Gasteiger partial charge is 0.420 e. The van der Waals surface area contributed by atoms with Gasteiger partial charge in [0.15, 0.2) is 11.6 Å². The maximum absolute atomic E-state index is 14.3. The van der Waals surface area contributed by atoms with Gasteiger partial charge in [0.05, 0.1) is 23.1 Å². The predicted molar refractivity (Wildman–Crippen MR) is 121 cm³/mol. The van der Waals surface area contributed by atoms with E-state index in [1.54, 1.807) is 36.7 Å². The number of aryl methyl sites for hydroxylation is 2. The summed E-state index contributed by atoms with van der Waals surface area (Å²) in [4.78, 5) is 21.4. The summed E-state index contributed by atoms with van der Waals surface area (Å²) < 4.78 is 19.6. The first-order valence-electron chi connectivity index (χ1n) is 11.0. The number of carbonyl (C=O) groups is 1. The van der Waals surface area contributed by atoms with E-state index in [9.17, 15) is 9.18 Å². The topological polar surface area (TPSA) is 52.1 Å². The lowest BCUT2D eigenvalue weighted by atomic mass is 10.1. The minimum atomic E-state index is -0.592. The van der Waals surface area contributed by atoms with Crippen LogP contribution in [0, 0.1) is 5.82 Å². The molecule has 4 nitrogen and oxygen atoms in total. The highest BCUT2D eigenvalue weighted by Gasteiger charge is 2.13. The SMILES string of the molecule is CCCCCc1ccc(OC(=O)c2ccc(-c3cnc(CCCC)cn3)cc2)c(F)c1. The molecule has 1 aromatic heterocycles. The smallest absolute Gasteiger partial charge is 0.343 e. The Kier molecular flexibility index (Phi) is 8.27. The van der Waals surface area contributed by atoms with Gasteiger partial charge in [-0.15, -0.1) is 0 Å². The fourth-order valence-corrected chi connectivity index (χ4v) is 3.29. The molecule has 0 aliphatic heterocycles. The number of aromatic nitrogens is 2. The van der Waals surface area contributed by atoms with Crippen LogP contribution in [0.5, 0.6) is 5.75 Å². The Balaban J connectivity index is 1.62. The molecule has 0 bridgehead atoms. The maximum Gasteiger partial charge on any atom is 0.343 e. The van der Waals surface area contributed by atoms with Gasteiger partial charge >= 0.3 is 5.97 Å². The molecular weight excluding hydrogens is 391 g/mol. The highest BCUT2D eigenvalue weighted by Crippen LogP contribution is 2.22. The standard InChI is InChI=1S/C26H29FN2O2/c1-3-5-7-8-19-10-15-25(23(27)16-19)31-26(30)21-13-11-20(12-14-21)24-18-28-22(17-29-24)9-6-4-2/h10-18H,3-9H2,1-2H3. The van der Waals surface area contributed by atoms with Gasteiger partial charge in [-0.05, 0) is 55.5 Å². The summed E-state index contributed by atoms with van der Waals surface area (Å²) >= 11 is 0. The second kappa shape index (κ2) is 11.3. The third-order valence-electron chi connectivity index (χ3n) is 5.18. The van der Waals surface area contributed by atoms with E-state index in [0.717, 1.165) is 67.5 Å². The lowest BCUT2D eigenvalue weighted by Gasteiger charge is -2.08.